The molecule has 0 spiro atoms. The molecule has 1 N–H and O–H groups in total. The molecule has 204 valence electrons. The lowest BCUT2D eigenvalue weighted by molar-refractivity contribution is -0.140. The van der Waals surface area contributed by atoms with E-state index in [-0.39, 0.29) is 18.4 Å². The fraction of sp³-hybridized carbons (Fsp3) is 0.379. The molecule has 0 aliphatic rings. The number of hydrogen-bond donors (Lipinski definition) is 1. The molecule has 0 aliphatic heterocycles. The Hall–Kier alpha value is -3.59. The number of sulfonamides is 1. The molecule has 0 fully saturated rings. The van der Waals surface area contributed by atoms with Gasteiger partial charge in [-0.2, -0.15) is 0 Å². The Kier molecular flexibility index (Phi) is 9.74. The van der Waals surface area contributed by atoms with Crippen molar-refractivity contribution >= 4 is 38.3 Å². The number of fused-ring (bicyclic) bond motifs is 1. The van der Waals surface area contributed by atoms with E-state index >= 15 is 0 Å². The number of carbonyl (C=O) groups excluding carboxylic acids is 2. The molecule has 3 aromatic carbocycles. The Bertz CT molecular complexity index is 1350. The van der Waals surface area contributed by atoms with Crippen molar-refractivity contribution in [2.24, 2.45) is 5.92 Å². The summed E-state index contributed by atoms with van der Waals surface area (Å²) < 4.78 is 32.3. The van der Waals surface area contributed by atoms with E-state index in [4.69, 9.17) is 4.74 Å². The number of anilines is 1. The topological polar surface area (TPSA) is 96.0 Å². The van der Waals surface area contributed by atoms with Gasteiger partial charge in [-0.05, 0) is 41.5 Å². The normalized spacial score (nSPS) is 12.3. The molecule has 3 aromatic rings. The zero-order chi connectivity index (χ0) is 27.9. The maximum absolute atomic E-state index is 13.9. The molecular weight excluding hydrogens is 502 g/mol. The molecule has 1 atom stereocenters. The number of methoxy groups -OCH3 is 1. The van der Waals surface area contributed by atoms with Crippen LogP contribution in [0.15, 0.2) is 66.7 Å². The van der Waals surface area contributed by atoms with Gasteiger partial charge in [0.15, 0.2) is 0 Å². The molecule has 0 aromatic heterocycles. The van der Waals surface area contributed by atoms with E-state index in [2.05, 4.69) is 5.32 Å². The first-order valence-corrected chi connectivity index (χ1v) is 14.6. The Balaban J connectivity index is 2.00. The fourth-order valence-corrected chi connectivity index (χ4v) is 5.15. The van der Waals surface area contributed by atoms with Crippen molar-refractivity contribution in [3.63, 3.8) is 0 Å². The van der Waals surface area contributed by atoms with Gasteiger partial charge in [0.2, 0.25) is 21.8 Å². The van der Waals surface area contributed by atoms with Crippen molar-refractivity contribution in [3.8, 4) is 5.75 Å². The molecule has 0 saturated carbocycles. The second-order valence-corrected chi connectivity index (χ2v) is 11.6. The molecular formula is C29H37N3O5S. The number of amides is 2. The number of nitrogens with zero attached hydrogens (tertiary/aromatic N) is 2. The Labute approximate surface area is 225 Å². The highest BCUT2D eigenvalue weighted by molar-refractivity contribution is 7.92. The first-order valence-electron chi connectivity index (χ1n) is 12.7. The molecule has 1 unspecified atom stereocenters. The van der Waals surface area contributed by atoms with Crippen LogP contribution in [-0.2, 0) is 26.2 Å². The highest BCUT2D eigenvalue weighted by Crippen LogP contribution is 2.29. The van der Waals surface area contributed by atoms with Gasteiger partial charge in [-0.3, -0.25) is 13.9 Å². The van der Waals surface area contributed by atoms with Gasteiger partial charge in [0.05, 0.1) is 19.1 Å². The van der Waals surface area contributed by atoms with Crippen LogP contribution in [0, 0.1) is 5.92 Å². The second-order valence-electron chi connectivity index (χ2n) is 9.70. The van der Waals surface area contributed by atoms with Crippen molar-refractivity contribution < 1.29 is 22.7 Å². The number of ether oxygens (including phenoxy) is 1. The summed E-state index contributed by atoms with van der Waals surface area (Å²) in [5.74, 6) is 0.187. The van der Waals surface area contributed by atoms with Gasteiger partial charge in [-0.1, -0.05) is 69.3 Å². The third-order valence-corrected chi connectivity index (χ3v) is 7.42. The van der Waals surface area contributed by atoms with Gasteiger partial charge in [0.1, 0.15) is 18.3 Å². The third-order valence-electron chi connectivity index (χ3n) is 6.30. The van der Waals surface area contributed by atoms with Gasteiger partial charge in [0, 0.05) is 18.5 Å². The zero-order valence-electron chi connectivity index (χ0n) is 22.7. The van der Waals surface area contributed by atoms with E-state index in [1.54, 1.807) is 31.4 Å². The first kappa shape index (κ1) is 29.0. The molecule has 9 heteroatoms. The number of carbonyl (C=O) groups is 2. The van der Waals surface area contributed by atoms with Crippen LogP contribution in [0.4, 0.5) is 5.69 Å². The number of benzene rings is 3. The predicted molar refractivity (Wildman–Crippen MR) is 152 cm³/mol. The number of rotatable bonds is 12. The smallest absolute Gasteiger partial charge is 0.244 e. The highest BCUT2D eigenvalue weighted by Gasteiger charge is 2.32. The quantitative estimate of drug-likeness (QED) is 0.372. The van der Waals surface area contributed by atoms with E-state index in [0.717, 1.165) is 26.9 Å². The van der Waals surface area contributed by atoms with Gasteiger partial charge in [-0.25, -0.2) is 8.42 Å². The molecule has 0 saturated heterocycles. The fourth-order valence-electron chi connectivity index (χ4n) is 4.29. The summed E-state index contributed by atoms with van der Waals surface area (Å²) in [4.78, 5) is 28.6. The van der Waals surface area contributed by atoms with Crippen LogP contribution in [0.1, 0.15) is 32.8 Å². The Morgan fingerprint density at radius 2 is 1.63 bits per heavy atom. The summed E-state index contributed by atoms with van der Waals surface area (Å²) >= 11 is 0. The van der Waals surface area contributed by atoms with Crippen LogP contribution in [-0.4, -0.2) is 57.6 Å². The third kappa shape index (κ3) is 7.25. The molecule has 0 aliphatic carbocycles. The minimum atomic E-state index is -3.83. The van der Waals surface area contributed by atoms with Crippen molar-refractivity contribution in [3.05, 3.63) is 72.3 Å². The maximum atomic E-state index is 13.9. The molecule has 8 nitrogen and oxygen atoms in total. The van der Waals surface area contributed by atoms with Crippen LogP contribution in [0.3, 0.4) is 0 Å². The lowest BCUT2D eigenvalue weighted by Crippen LogP contribution is -2.52. The summed E-state index contributed by atoms with van der Waals surface area (Å²) in [5, 5.41) is 4.51. The van der Waals surface area contributed by atoms with Crippen molar-refractivity contribution in [1.82, 2.24) is 10.2 Å². The van der Waals surface area contributed by atoms with Crippen molar-refractivity contribution in [2.45, 2.75) is 39.8 Å². The van der Waals surface area contributed by atoms with E-state index in [1.165, 1.54) is 4.90 Å². The maximum Gasteiger partial charge on any atom is 0.244 e. The molecule has 0 bridgehead atoms. The van der Waals surface area contributed by atoms with Crippen molar-refractivity contribution in [1.29, 1.82) is 0 Å². The Morgan fingerprint density at radius 3 is 2.24 bits per heavy atom. The average molecular weight is 540 g/mol. The minimum absolute atomic E-state index is 0.142. The highest BCUT2D eigenvalue weighted by atomic mass is 32.2. The first-order chi connectivity index (χ1) is 18.0. The second kappa shape index (κ2) is 12.8. The summed E-state index contributed by atoms with van der Waals surface area (Å²) in [5.41, 5.74) is 1.21. The van der Waals surface area contributed by atoms with Gasteiger partial charge in [-0.15, -0.1) is 0 Å². The lowest BCUT2D eigenvalue weighted by atomic mass is 10.1. The molecule has 0 heterocycles. The van der Waals surface area contributed by atoms with Gasteiger partial charge in [0.25, 0.3) is 0 Å². The molecule has 0 radical (unpaired) electrons. The van der Waals surface area contributed by atoms with Gasteiger partial charge < -0.3 is 15.0 Å². The van der Waals surface area contributed by atoms with Crippen LogP contribution in [0.2, 0.25) is 0 Å². The largest absolute Gasteiger partial charge is 0.497 e. The molecule has 3 rings (SSSR count). The lowest BCUT2D eigenvalue weighted by Gasteiger charge is -2.33. The Morgan fingerprint density at radius 1 is 0.974 bits per heavy atom. The standard InChI is InChI=1S/C29H37N3O5S/c1-6-26(29(34)30-18-21(2)3)31(19-22-14-16-24(37-4)17-15-22)28(33)20-32(38(5,35)36)27-13-9-11-23-10-7-8-12-25(23)27/h7-17,21,26H,6,18-20H2,1-5H3,(H,30,34). The van der Waals surface area contributed by atoms with E-state index in [1.807, 2.05) is 63.2 Å². The van der Waals surface area contributed by atoms with Crippen LogP contribution in [0.5, 0.6) is 5.75 Å². The predicted octanol–water partition coefficient (Wildman–Crippen LogP) is 4.19. The van der Waals surface area contributed by atoms with Crippen molar-refractivity contribution in [2.75, 3.05) is 30.8 Å². The molecule has 38 heavy (non-hydrogen) atoms. The average Bonchev–Trinajstić information content (AvgIpc) is 2.89. The summed E-state index contributed by atoms with van der Waals surface area (Å²) in [6.07, 6.45) is 1.46. The summed E-state index contributed by atoms with van der Waals surface area (Å²) in [6.45, 7) is 6.02. The number of hydrogen-bond acceptors (Lipinski definition) is 5. The van der Waals surface area contributed by atoms with Crippen LogP contribution >= 0.6 is 0 Å². The summed E-state index contributed by atoms with van der Waals surface area (Å²) in [7, 11) is -2.25. The SMILES string of the molecule is CCC(C(=O)NCC(C)C)N(Cc1ccc(OC)cc1)C(=O)CN(c1cccc2ccccc12)S(C)(=O)=O. The van der Waals surface area contributed by atoms with E-state index in [9.17, 15) is 18.0 Å². The van der Waals surface area contributed by atoms with Crippen LogP contribution < -0.4 is 14.4 Å². The summed E-state index contributed by atoms with van der Waals surface area (Å²) in [6, 6.07) is 19.2. The monoisotopic (exact) mass is 539 g/mol. The van der Waals surface area contributed by atoms with E-state index < -0.39 is 28.5 Å². The van der Waals surface area contributed by atoms with E-state index in [0.29, 0.717) is 24.4 Å². The number of nitrogens with one attached hydrogen (secondary N) is 1. The zero-order valence-corrected chi connectivity index (χ0v) is 23.5. The minimum Gasteiger partial charge on any atom is -0.497 e. The molecule has 2 amide bonds. The van der Waals surface area contributed by atoms with Gasteiger partial charge >= 0.3 is 0 Å². The van der Waals surface area contributed by atoms with Crippen LogP contribution in [0.25, 0.3) is 10.8 Å².